The number of ether oxygens (including phenoxy) is 1. The molecule has 1 aromatic carbocycles. The van der Waals surface area contributed by atoms with Crippen molar-refractivity contribution in [1.29, 1.82) is 0 Å². The van der Waals surface area contributed by atoms with E-state index >= 15 is 0 Å². The molecule has 0 saturated carbocycles. The molecule has 2 atom stereocenters. The maximum atomic E-state index is 12.9. The fraction of sp³-hybridized carbons (Fsp3) is 0.350. The van der Waals surface area contributed by atoms with E-state index in [0.29, 0.717) is 24.7 Å². The average Bonchev–Trinajstić information content (AvgIpc) is 3.37. The van der Waals surface area contributed by atoms with Crippen LogP contribution in [-0.4, -0.2) is 55.7 Å². The minimum absolute atomic E-state index is 0.0732. The standard InChI is InChI=1S/C20H20N6O2/c1-28-17-5-3-2-4-14(17)19-24-23-18-7-6-13-11-25(12-16(13)26(18)19)20(27)15-10-21-8-9-22-15/h2-5,8-10,13,16H,6-7,11-12H2,1H3/t13-,16+/m1/s1. The molecular formula is C20H20N6O2. The van der Waals surface area contributed by atoms with E-state index in [2.05, 4.69) is 24.7 Å². The summed E-state index contributed by atoms with van der Waals surface area (Å²) in [7, 11) is 1.66. The number of carbonyl (C=O) groups excluding carboxylic acids is 1. The minimum Gasteiger partial charge on any atom is -0.496 e. The molecule has 1 amide bonds. The second kappa shape index (κ2) is 6.70. The van der Waals surface area contributed by atoms with Crippen LogP contribution in [0.4, 0.5) is 0 Å². The minimum atomic E-state index is -0.0732. The van der Waals surface area contributed by atoms with Crippen LogP contribution in [0, 0.1) is 5.92 Å². The van der Waals surface area contributed by atoms with E-state index in [4.69, 9.17) is 4.74 Å². The molecule has 0 bridgehead atoms. The predicted molar refractivity (Wildman–Crippen MR) is 101 cm³/mol. The van der Waals surface area contributed by atoms with Crippen molar-refractivity contribution < 1.29 is 9.53 Å². The van der Waals surface area contributed by atoms with Gasteiger partial charge in [0, 0.05) is 31.9 Å². The highest BCUT2D eigenvalue weighted by Gasteiger charge is 2.42. The number of benzene rings is 1. The van der Waals surface area contributed by atoms with Crippen molar-refractivity contribution in [3.8, 4) is 17.1 Å². The Hall–Kier alpha value is -3.29. The molecule has 0 unspecified atom stereocenters. The van der Waals surface area contributed by atoms with Crippen LogP contribution in [0.25, 0.3) is 11.4 Å². The van der Waals surface area contributed by atoms with Crippen molar-refractivity contribution in [3.63, 3.8) is 0 Å². The molecule has 3 aromatic rings. The third-order valence-electron chi connectivity index (χ3n) is 5.66. The van der Waals surface area contributed by atoms with Crippen molar-refractivity contribution in [2.24, 2.45) is 5.92 Å². The molecule has 8 nitrogen and oxygen atoms in total. The molecule has 142 valence electrons. The summed E-state index contributed by atoms with van der Waals surface area (Å²) in [5.74, 6) is 2.84. The summed E-state index contributed by atoms with van der Waals surface area (Å²) in [6.07, 6.45) is 6.50. The topological polar surface area (TPSA) is 86.0 Å². The Kier molecular flexibility index (Phi) is 4.03. The first-order valence-corrected chi connectivity index (χ1v) is 9.38. The van der Waals surface area contributed by atoms with E-state index in [9.17, 15) is 4.79 Å². The monoisotopic (exact) mass is 376 g/mol. The van der Waals surface area contributed by atoms with E-state index in [0.717, 1.165) is 35.8 Å². The van der Waals surface area contributed by atoms with Crippen LogP contribution in [0.3, 0.4) is 0 Å². The normalized spacial score (nSPS) is 20.5. The second-order valence-corrected chi connectivity index (χ2v) is 7.18. The Labute approximate surface area is 162 Å². The fourth-order valence-corrected chi connectivity index (χ4v) is 4.34. The molecule has 5 rings (SSSR count). The summed E-state index contributed by atoms with van der Waals surface area (Å²) < 4.78 is 7.73. The third-order valence-corrected chi connectivity index (χ3v) is 5.66. The number of aryl methyl sites for hydroxylation is 1. The van der Waals surface area contributed by atoms with E-state index in [-0.39, 0.29) is 11.9 Å². The first kappa shape index (κ1) is 16.9. The number of para-hydroxylation sites is 1. The van der Waals surface area contributed by atoms with Gasteiger partial charge in [-0.05, 0) is 24.5 Å². The van der Waals surface area contributed by atoms with Gasteiger partial charge < -0.3 is 14.2 Å². The molecule has 8 heteroatoms. The first-order valence-electron chi connectivity index (χ1n) is 9.38. The number of nitrogens with zero attached hydrogens (tertiary/aromatic N) is 6. The van der Waals surface area contributed by atoms with Crippen LogP contribution in [0.15, 0.2) is 42.9 Å². The number of fused-ring (bicyclic) bond motifs is 3. The summed E-state index contributed by atoms with van der Waals surface area (Å²) in [4.78, 5) is 22.9. The summed E-state index contributed by atoms with van der Waals surface area (Å²) in [5, 5.41) is 8.90. The first-order chi connectivity index (χ1) is 13.8. The highest BCUT2D eigenvalue weighted by Crippen LogP contribution is 2.40. The zero-order valence-corrected chi connectivity index (χ0v) is 15.5. The van der Waals surface area contributed by atoms with Crippen LogP contribution >= 0.6 is 0 Å². The van der Waals surface area contributed by atoms with Crippen molar-refractivity contribution in [2.75, 3.05) is 20.2 Å². The Morgan fingerprint density at radius 2 is 2.07 bits per heavy atom. The lowest BCUT2D eigenvalue weighted by Crippen LogP contribution is -2.30. The molecule has 2 aliphatic heterocycles. The maximum Gasteiger partial charge on any atom is 0.274 e. The maximum absolute atomic E-state index is 12.9. The van der Waals surface area contributed by atoms with Crippen LogP contribution in [-0.2, 0) is 6.42 Å². The quantitative estimate of drug-likeness (QED) is 0.695. The molecule has 2 aromatic heterocycles. The Balaban J connectivity index is 1.50. The molecule has 1 fully saturated rings. The van der Waals surface area contributed by atoms with Crippen molar-refractivity contribution >= 4 is 5.91 Å². The molecule has 0 spiro atoms. The molecule has 4 heterocycles. The number of carbonyl (C=O) groups is 1. The van der Waals surface area contributed by atoms with Gasteiger partial charge in [-0.15, -0.1) is 10.2 Å². The lowest BCUT2D eigenvalue weighted by Gasteiger charge is -2.27. The van der Waals surface area contributed by atoms with Crippen molar-refractivity contribution in [2.45, 2.75) is 18.9 Å². The number of likely N-dealkylation sites (tertiary alicyclic amines) is 1. The third kappa shape index (κ3) is 2.64. The molecule has 0 aliphatic carbocycles. The van der Waals surface area contributed by atoms with E-state index < -0.39 is 0 Å². The zero-order valence-electron chi connectivity index (χ0n) is 15.5. The summed E-state index contributed by atoms with van der Waals surface area (Å²) in [6, 6.07) is 7.99. The van der Waals surface area contributed by atoms with Gasteiger partial charge in [-0.2, -0.15) is 0 Å². The number of rotatable bonds is 3. The van der Waals surface area contributed by atoms with Crippen molar-refractivity contribution in [1.82, 2.24) is 29.6 Å². The number of aromatic nitrogens is 5. The fourth-order valence-electron chi connectivity index (χ4n) is 4.34. The van der Waals surface area contributed by atoms with Gasteiger partial charge in [-0.1, -0.05) is 12.1 Å². The van der Waals surface area contributed by atoms with E-state index in [1.165, 1.54) is 6.20 Å². The zero-order chi connectivity index (χ0) is 19.1. The van der Waals surface area contributed by atoms with Gasteiger partial charge in [0.15, 0.2) is 5.82 Å². The highest BCUT2D eigenvalue weighted by atomic mass is 16.5. The predicted octanol–water partition coefficient (Wildman–Crippen LogP) is 2.00. The molecule has 0 radical (unpaired) electrons. The van der Waals surface area contributed by atoms with Gasteiger partial charge >= 0.3 is 0 Å². The molecule has 1 saturated heterocycles. The lowest BCUT2D eigenvalue weighted by atomic mass is 9.93. The average molecular weight is 376 g/mol. The summed E-state index contributed by atoms with van der Waals surface area (Å²) in [6.45, 7) is 1.33. The number of hydrogen-bond donors (Lipinski definition) is 0. The molecular weight excluding hydrogens is 356 g/mol. The van der Waals surface area contributed by atoms with Gasteiger partial charge in [0.05, 0.1) is 24.9 Å². The van der Waals surface area contributed by atoms with E-state index in [1.807, 2.05) is 29.2 Å². The van der Waals surface area contributed by atoms with Crippen LogP contribution in [0.2, 0.25) is 0 Å². The van der Waals surface area contributed by atoms with Gasteiger partial charge in [0.2, 0.25) is 0 Å². The Morgan fingerprint density at radius 1 is 1.18 bits per heavy atom. The van der Waals surface area contributed by atoms with Crippen LogP contribution in [0.1, 0.15) is 28.8 Å². The molecule has 28 heavy (non-hydrogen) atoms. The SMILES string of the molecule is COc1ccccc1-c1nnc2n1[C@H]1CN(C(=O)c3cnccn3)C[C@H]1CC2. The largest absolute Gasteiger partial charge is 0.496 e. The van der Waals surface area contributed by atoms with Crippen molar-refractivity contribution in [3.05, 3.63) is 54.4 Å². The van der Waals surface area contributed by atoms with Gasteiger partial charge in [0.1, 0.15) is 17.3 Å². The van der Waals surface area contributed by atoms with Crippen LogP contribution < -0.4 is 4.74 Å². The second-order valence-electron chi connectivity index (χ2n) is 7.18. The molecule has 0 N–H and O–H groups in total. The number of amides is 1. The van der Waals surface area contributed by atoms with Gasteiger partial charge in [-0.25, -0.2) is 4.98 Å². The lowest BCUT2D eigenvalue weighted by molar-refractivity contribution is 0.0778. The molecule has 2 aliphatic rings. The Morgan fingerprint density at radius 3 is 2.89 bits per heavy atom. The smallest absolute Gasteiger partial charge is 0.274 e. The number of hydrogen-bond acceptors (Lipinski definition) is 6. The van der Waals surface area contributed by atoms with Crippen LogP contribution in [0.5, 0.6) is 5.75 Å². The summed E-state index contributed by atoms with van der Waals surface area (Å²) >= 11 is 0. The Bertz CT molecular complexity index is 1020. The van der Waals surface area contributed by atoms with Gasteiger partial charge in [-0.3, -0.25) is 9.78 Å². The highest BCUT2D eigenvalue weighted by molar-refractivity contribution is 5.92. The van der Waals surface area contributed by atoms with Gasteiger partial charge in [0.25, 0.3) is 5.91 Å². The van der Waals surface area contributed by atoms with E-state index in [1.54, 1.807) is 19.5 Å². The summed E-state index contributed by atoms with van der Waals surface area (Å²) in [5.41, 5.74) is 1.30. The number of methoxy groups -OCH3 is 1.